The Hall–Kier alpha value is -3.10. The molecule has 9 heteroatoms. The molecule has 0 saturated carbocycles. The van der Waals surface area contributed by atoms with Crippen molar-refractivity contribution in [3.05, 3.63) is 59.4 Å². The third-order valence-corrected chi connectivity index (χ3v) is 4.50. The fourth-order valence-corrected chi connectivity index (χ4v) is 2.97. The molecule has 3 rings (SSSR count). The summed E-state index contributed by atoms with van der Waals surface area (Å²) in [6.07, 6.45) is 1.54. The van der Waals surface area contributed by atoms with E-state index >= 15 is 0 Å². The minimum absolute atomic E-state index is 0.164. The van der Waals surface area contributed by atoms with Crippen LogP contribution >= 0.6 is 11.6 Å². The first-order valence-corrected chi connectivity index (χ1v) is 9.75. The molecule has 158 valence electrons. The Morgan fingerprint density at radius 2 is 2.00 bits per heavy atom. The number of esters is 1. The first kappa shape index (κ1) is 21.6. The Labute approximate surface area is 178 Å². The highest BCUT2D eigenvalue weighted by Gasteiger charge is 2.24. The second-order valence-corrected chi connectivity index (χ2v) is 6.74. The Bertz CT molecular complexity index is 983. The van der Waals surface area contributed by atoms with Crippen LogP contribution in [-0.2, 0) is 14.3 Å². The Balaban J connectivity index is 1.97. The third kappa shape index (κ3) is 5.08. The molecule has 0 atom stereocenters. The Kier molecular flexibility index (Phi) is 7.26. The summed E-state index contributed by atoms with van der Waals surface area (Å²) >= 11 is 5.99. The van der Waals surface area contributed by atoms with Crippen molar-refractivity contribution in [2.24, 2.45) is 0 Å². The number of nitrogens with zero attached hydrogens (tertiary/aromatic N) is 3. The van der Waals surface area contributed by atoms with Crippen molar-refractivity contribution in [2.75, 3.05) is 33.4 Å². The number of aromatic nitrogens is 2. The third-order valence-electron chi connectivity index (χ3n) is 4.25. The van der Waals surface area contributed by atoms with Crippen LogP contribution in [0.5, 0.6) is 0 Å². The highest BCUT2D eigenvalue weighted by Crippen LogP contribution is 2.26. The predicted octanol–water partition coefficient (Wildman–Crippen LogP) is 3.44. The van der Waals surface area contributed by atoms with Crippen molar-refractivity contribution in [2.45, 2.75) is 6.92 Å². The van der Waals surface area contributed by atoms with E-state index in [2.05, 4.69) is 5.10 Å². The van der Waals surface area contributed by atoms with Gasteiger partial charge in [0.25, 0.3) is 5.91 Å². The van der Waals surface area contributed by atoms with E-state index in [0.29, 0.717) is 22.2 Å². The molecule has 0 aliphatic carbocycles. The van der Waals surface area contributed by atoms with Crippen LogP contribution < -0.4 is 0 Å². The molecular weight excluding hydrogens is 410 g/mol. The summed E-state index contributed by atoms with van der Waals surface area (Å²) < 4.78 is 17.2. The summed E-state index contributed by atoms with van der Waals surface area (Å²) in [7, 11) is 1.53. The van der Waals surface area contributed by atoms with E-state index in [9.17, 15) is 9.59 Å². The molecule has 30 heavy (non-hydrogen) atoms. The number of carbonyl (C=O) groups excluding carboxylic acids is 2. The van der Waals surface area contributed by atoms with Gasteiger partial charge in [0, 0.05) is 24.7 Å². The van der Waals surface area contributed by atoms with Gasteiger partial charge in [-0.05, 0) is 43.3 Å². The zero-order chi connectivity index (χ0) is 21.5. The quantitative estimate of drug-likeness (QED) is 0.482. The summed E-state index contributed by atoms with van der Waals surface area (Å²) in [5, 5.41) is 5.06. The van der Waals surface area contributed by atoms with E-state index in [-0.39, 0.29) is 32.0 Å². The van der Waals surface area contributed by atoms with Crippen LogP contribution in [0.3, 0.4) is 0 Å². The zero-order valence-corrected chi connectivity index (χ0v) is 17.5. The van der Waals surface area contributed by atoms with Gasteiger partial charge in [0.1, 0.15) is 12.2 Å². The second kappa shape index (κ2) is 10.1. The molecule has 0 aliphatic rings. The lowest BCUT2D eigenvalue weighted by Gasteiger charge is -2.20. The van der Waals surface area contributed by atoms with Crippen molar-refractivity contribution in [1.29, 1.82) is 0 Å². The van der Waals surface area contributed by atoms with Crippen LogP contribution in [0.1, 0.15) is 17.4 Å². The molecule has 0 unspecified atom stereocenters. The molecule has 8 nitrogen and oxygen atoms in total. The van der Waals surface area contributed by atoms with Gasteiger partial charge in [0.05, 0.1) is 25.2 Å². The number of methoxy groups -OCH3 is 1. The standard InChI is InChI=1S/C21H22ClN3O5/c1-3-29-20(26)14-24(10-12-28-2)21(27)17-13-18(19-5-4-11-30-19)25(23-17)16-8-6-15(22)7-9-16/h4-9,11,13H,3,10,12,14H2,1-2H3. The molecule has 2 aromatic heterocycles. The average molecular weight is 432 g/mol. The lowest BCUT2D eigenvalue weighted by Crippen LogP contribution is -2.39. The normalized spacial score (nSPS) is 10.8. The van der Waals surface area contributed by atoms with Crippen molar-refractivity contribution in [3.63, 3.8) is 0 Å². The topological polar surface area (TPSA) is 86.8 Å². The highest BCUT2D eigenvalue weighted by atomic mass is 35.5. The molecule has 3 aromatic rings. The Morgan fingerprint density at radius 1 is 1.23 bits per heavy atom. The summed E-state index contributed by atoms with van der Waals surface area (Å²) in [6.45, 7) is 2.24. The van der Waals surface area contributed by atoms with E-state index in [1.165, 1.54) is 12.0 Å². The monoisotopic (exact) mass is 431 g/mol. The van der Waals surface area contributed by atoms with Crippen LogP contribution in [0, 0.1) is 0 Å². The minimum Gasteiger partial charge on any atom is -0.465 e. The first-order valence-electron chi connectivity index (χ1n) is 9.37. The van der Waals surface area contributed by atoms with Crippen LogP contribution in [0.4, 0.5) is 0 Å². The maximum atomic E-state index is 13.1. The summed E-state index contributed by atoms with van der Waals surface area (Å²) in [6, 6.07) is 12.2. The number of rotatable bonds is 9. The van der Waals surface area contributed by atoms with E-state index in [1.807, 2.05) is 0 Å². The van der Waals surface area contributed by atoms with Gasteiger partial charge in [-0.3, -0.25) is 9.59 Å². The van der Waals surface area contributed by atoms with Crippen molar-refractivity contribution in [3.8, 4) is 17.1 Å². The van der Waals surface area contributed by atoms with Crippen molar-refractivity contribution >= 4 is 23.5 Å². The highest BCUT2D eigenvalue weighted by molar-refractivity contribution is 6.30. The number of hydrogen-bond donors (Lipinski definition) is 0. The van der Waals surface area contributed by atoms with Gasteiger partial charge in [-0.1, -0.05) is 11.6 Å². The van der Waals surface area contributed by atoms with Crippen LogP contribution in [0.25, 0.3) is 17.1 Å². The molecule has 0 bridgehead atoms. The number of amides is 1. The molecule has 0 aliphatic heterocycles. The summed E-state index contributed by atoms with van der Waals surface area (Å²) in [5.74, 6) is -0.365. The van der Waals surface area contributed by atoms with Gasteiger partial charge in [0.15, 0.2) is 11.5 Å². The van der Waals surface area contributed by atoms with Gasteiger partial charge in [-0.25, -0.2) is 4.68 Å². The minimum atomic E-state index is -0.495. The lowest BCUT2D eigenvalue weighted by molar-refractivity contribution is -0.143. The molecule has 0 fully saturated rings. The fourth-order valence-electron chi connectivity index (χ4n) is 2.84. The molecule has 0 saturated heterocycles. The maximum Gasteiger partial charge on any atom is 0.325 e. The van der Waals surface area contributed by atoms with Crippen molar-refractivity contribution < 1.29 is 23.5 Å². The number of benzene rings is 1. The predicted molar refractivity (Wildman–Crippen MR) is 111 cm³/mol. The number of ether oxygens (including phenoxy) is 2. The van der Waals surface area contributed by atoms with Gasteiger partial charge in [-0.2, -0.15) is 5.10 Å². The smallest absolute Gasteiger partial charge is 0.325 e. The number of halogens is 1. The SMILES string of the molecule is CCOC(=O)CN(CCOC)C(=O)c1cc(-c2ccco2)n(-c2ccc(Cl)cc2)n1. The molecule has 0 radical (unpaired) electrons. The Morgan fingerprint density at radius 3 is 2.63 bits per heavy atom. The number of furan rings is 1. The van der Waals surface area contributed by atoms with Crippen molar-refractivity contribution in [1.82, 2.24) is 14.7 Å². The zero-order valence-electron chi connectivity index (χ0n) is 16.7. The number of carbonyl (C=O) groups is 2. The molecular formula is C21H22ClN3O5. The fraction of sp³-hybridized carbons (Fsp3) is 0.286. The summed E-state index contributed by atoms with van der Waals surface area (Å²) in [5.41, 5.74) is 1.46. The largest absolute Gasteiger partial charge is 0.465 e. The molecule has 2 heterocycles. The molecule has 1 aromatic carbocycles. The van der Waals surface area contributed by atoms with Gasteiger partial charge in [0.2, 0.25) is 0 Å². The molecule has 0 spiro atoms. The van der Waals surface area contributed by atoms with Gasteiger partial charge in [-0.15, -0.1) is 0 Å². The van der Waals surface area contributed by atoms with E-state index in [0.717, 1.165) is 0 Å². The van der Waals surface area contributed by atoms with Gasteiger partial charge >= 0.3 is 5.97 Å². The van der Waals surface area contributed by atoms with E-state index in [4.69, 9.17) is 25.5 Å². The maximum absolute atomic E-state index is 13.1. The lowest BCUT2D eigenvalue weighted by atomic mass is 10.2. The van der Waals surface area contributed by atoms with Crippen LogP contribution in [0.15, 0.2) is 53.1 Å². The summed E-state index contributed by atoms with van der Waals surface area (Å²) in [4.78, 5) is 26.4. The van der Waals surface area contributed by atoms with Crippen LogP contribution in [0.2, 0.25) is 5.02 Å². The average Bonchev–Trinajstić information content (AvgIpc) is 3.41. The molecule has 1 amide bonds. The first-order chi connectivity index (χ1) is 14.5. The van der Waals surface area contributed by atoms with Gasteiger partial charge < -0.3 is 18.8 Å². The van der Waals surface area contributed by atoms with E-state index in [1.54, 1.807) is 60.3 Å². The van der Waals surface area contributed by atoms with Crippen LogP contribution in [-0.4, -0.2) is 60.0 Å². The second-order valence-electron chi connectivity index (χ2n) is 6.30. The molecule has 0 N–H and O–H groups in total. The number of hydrogen-bond acceptors (Lipinski definition) is 6. The van der Waals surface area contributed by atoms with E-state index < -0.39 is 11.9 Å².